The highest BCUT2D eigenvalue weighted by molar-refractivity contribution is 7.98. The molecular formula is C8H11N4S2+. The van der Waals surface area contributed by atoms with Crippen molar-refractivity contribution in [1.82, 2.24) is 14.1 Å². The van der Waals surface area contributed by atoms with Gasteiger partial charge in [0.1, 0.15) is 17.8 Å². The Hall–Kier alpha value is -0.880. The fourth-order valence-electron chi connectivity index (χ4n) is 1.24. The van der Waals surface area contributed by atoms with Crippen LogP contribution in [0.5, 0.6) is 0 Å². The van der Waals surface area contributed by atoms with Crippen LogP contribution in [0.4, 0.5) is 0 Å². The molecule has 0 atom stereocenters. The Labute approximate surface area is 91.1 Å². The second kappa shape index (κ2) is 4.10. The second-order valence-corrected chi connectivity index (χ2v) is 4.29. The summed E-state index contributed by atoms with van der Waals surface area (Å²) < 4.78 is 10.6. The zero-order valence-corrected chi connectivity index (χ0v) is 9.65. The van der Waals surface area contributed by atoms with E-state index in [1.54, 1.807) is 11.8 Å². The molecule has 2 heterocycles. The van der Waals surface area contributed by atoms with Crippen LogP contribution in [0.3, 0.4) is 0 Å². The van der Waals surface area contributed by atoms with Gasteiger partial charge in [0.15, 0.2) is 6.21 Å². The zero-order chi connectivity index (χ0) is 9.97. The van der Waals surface area contributed by atoms with Gasteiger partial charge >= 0.3 is 0 Å². The van der Waals surface area contributed by atoms with Crippen molar-refractivity contribution >= 4 is 35.3 Å². The van der Waals surface area contributed by atoms with E-state index in [2.05, 4.69) is 24.9 Å². The molecule has 1 aromatic rings. The highest BCUT2D eigenvalue weighted by Crippen LogP contribution is 2.23. The lowest BCUT2D eigenvalue weighted by Crippen LogP contribution is -2.25. The van der Waals surface area contributed by atoms with E-state index in [9.17, 15) is 0 Å². The minimum atomic E-state index is 0.843. The van der Waals surface area contributed by atoms with Crippen molar-refractivity contribution in [3.8, 4) is 0 Å². The number of nitrogens with one attached hydrogen (secondary N) is 1. The van der Waals surface area contributed by atoms with Crippen molar-refractivity contribution in [2.75, 3.05) is 20.0 Å². The fraction of sp³-hybridized carbons (Fsp3) is 0.375. The maximum Gasteiger partial charge on any atom is 0.215 e. The van der Waals surface area contributed by atoms with Crippen LogP contribution in [0.25, 0.3) is 5.57 Å². The number of aromatic nitrogens is 2. The molecule has 0 radical (unpaired) electrons. The van der Waals surface area contributed by atoms with E-state index in [1.807, 2.05) is 19.5 Å². The van der Waals surface area contributed by atoms with E-state index in [4.69, 9.17) is 0 Å². The van der Waals surface area contributed by atoms with Crippen LogP contribution in [-0.4, -0.2) is 39.5 Å². The number of hydrogen-bond donors (Lipinski definition) is 1. The van der Waals surface area contributed by atoms with Gasteiger partial charge in [-0.15, -0.1) is 11.8 Å². The first-order chi connectivity index (χ1) is 6.81. The largest absolute Gasteiger partial charge is 0.336 e. The Balaban J connectivity index is 2.35. The average Bonchev–Trinajstić information content (AvgIpc) is 2.65. The lowest BCUT2D eigenvalue weighted by molar-refractivity contribution is -0.496. The lowest BCUT2D eigenvalue weighted by Gasteiger charge is -2.06. The summed E-state index contributed by atoms with van der Waals surface area (Å²) in [6, 6.07) is 0. The smallest absolute Gasteiger partial charge is 0.215 e. The summed E-state index contributed by atoms with van der Waals surface area (Å²) in [5.74, 6) is 0. The fourth-order valence-corrected chi connectivity index (χ4v) is 2.53. The van der Waals surface area contributed by atoms with Crippen molar-refractivity contribution in [3.05, 3.63) is 11.9 Å². The highest BCUT2D eigenvalue weighted by Gasteiger charge is 2.16. The molecule has 1 aliphatic rings. The minimum Gasteiger partial charge on any atom is -0.336 e. The average molecular weight is 227 g/mol. The van der Waals surface area contributed by atoms with Gasteiger partial charge in [0.2, 0.25) is 6.67 Å². The molecule has 0 saturated heterocycles. The third kappa shape index (κ3) is 1.80. The molecule has 0 fully saturated rings. The van der Waals surface area contributed by atoms with Gasteiger partial charge in [0.25, 0.3) is 0 Å². The molecular weight excluding hydrogens is 216 g/mol. The summed E-state index contributed by atoms with van der Waals surface area (Å²) in [6.45, 7) is 0.843. The molecule has 0 saturated carbocycles. The van der Waals surface area contributed by atoms with Crippen LogP contribution in [0, 0.1) is 0 Å². The van der Waals surface area contributed by atoms with Crippen molar-refractivity contribution in [2.45, 2.75) is 5.03 Å². The van der Waals surface area contributed by atoms with Crippen LogP contribution in [0.2, 0.25) is 0 Å². The summed E-state index contributed by atoms with van der Waals surface area (Å²) in [6.07, 6.45) is 6.07. The first kappa shape index (κ1) is 9.67. The van der Waals surface area contributed by atoms with Crippen LogP contribution in [0.15, 0.2) is 11.2 Å². The molecule has 2 rings (SSSR count). The SMILES string of the molecule is CSc1nsnc1C1=CNC[N+](C)=C1. The second-order valence-electron chi connectivity index (χ2n) is 2.97. The van der Waals surface area contributed by atoms with Gasteiger partial charge in [-0.25, -0.2) is 4.58 Å². The van der Waals surface area contributed by atoms with Gasteiger partial charge in [0.05, 0.1) is 17.3 Å². The number of rotatable bonds is 2. The van der Waals surface area contributed by atoms with Crippen molar-refractivity contribution in [2.24, 2.45) is 0 Å². The lowest BCUT2D eigenvalue weighted by atomic mass is 10.2. The van der Waals surface area contributed by atoms with Gasteiger partial charge in [-0.3, -0.25) is 0 Å². The quantitative estimate of drug-likeness (QED) is 0.601. The van der Waals surface area contributed by atoms with E-state index in [1.165, 1.54) is 11.7 Å². The first-order valence-electron chi connectivity index (χ1n) is 4.17. The summed E-state index contributed by atoms with van der Waals surface area (Å²) in [5, 5.41) is 4.18. The molecule has 14 heavy (non-hydrogen) atoms. The predicted molar refractivity (Wildman–Crippen MR) is 59.9 cm³/mol. The zero-order valence-electron chi connectivity index (χ0n) is 8.02. The Kier molecular flexibility index (Phi) is 2.83. The summed E-state index contributed by atoms with van der Waals surface area (Å²) in [4.78, 5) is 0. The molecule has 4 nitrogen and oxygen atoms in total. The molecule has 0 bridgehead atoms. The van der Waals surface area contributed by atoms with Gasteiger partial charge < -0.3 is 5.32 Å². The minimum absolute atomic E-state index is 0.843. The van der Waals surface area contributed by atoms with Gasteiger partial charge in [-0.2, -0.15) is 8.75 Å². The van der Waals surface area contributed by atoms with Crippen LogP contribution in [-0.2, 0) is 0 Å². The molecule has 1 aliphatic heterocycles. The standard InChI is InChI=1S/C8H10N4S2/c1-12-4-6(3-9-5-12)7-8(13-2)11-14-10-7/h3-4H,5H2,1-2H3/p+1. The number of thioether (sulfide) groups is 1. The van der Waals surface area contributed by atoms with Crippen LogP contribution in [0.1, 0.15) is 5.69 Å². The third-order valence-corrected chi connectivity index (χ3v) is 3.20. The van der Waals surface area contributed by atoms with Crippen molar-refractivity contribution in [3.63, 3.8) is 0 Å². The van der Waals surface area contributed by atoms with E-state index < -0.39 is 0 Å². The van der Waals surface area contributed by atoms with E-state index in [-0.39, 0.29) is 0 Å². The molecule has 74 valence electrons. The van der Waals surface area contributed by atoms with Gasteiger partial charge in [0, 0.05) is 6.20 Å². The monoisotopic (exact) mass is 227 g/mol. The Morgan fingerprint density at radius 1 is 1.57 bits per heavy atom. The first-order valence-corrected chi connectivity index (χ1v) is 6.12. The third-order valence-electron chi connectivity index (χ3n) is 1.88. The molecule has 0 unspecified atom stereocenters. The topological polar surface area (TPSA) is 40.8 Å². The van der Waals surface area contributed by atoms with E-state index in [0.717, 1.165) is 23.0 Å². The van der Waals surface area contributed by atoms with Crippen LogP contribution >= 0.6 is 23.5 Å². The summed E-state index contributed by atoms with van der Waals surface area (Å²) in [5.41, 5.74) is 2.07. The molecule has 1 aromatic heterocycles. The highest BCUT2D eigenvalue weighted by atomic mass is 32.2. The molecule has 0 amide bonds. The van der Waals surface area contributed by atoms with Crippen LogP contribution < -0.4 is 5.32 Å². The number of hydrogen-bond acceptors (Lipinski definition) is 5. The van der Waals surface area contributed by atoms with E-state index in [0.29, 0.717) is 0 Å². The van der Waals surface area contributed by atoms with Gasteiger partial charge in [-0.05, 0) is 6.26 Å². The Morgan fingerprint density at radius 2 is 2.43 bits per heavy atom. The maximum atomic E-state index is 4.29. The summed E-state index contributed by atoms with van der Waals surface area (Å²) in [7, 11) is 2.03. The molecule has 0 aromatic carbocycles. The molecule has 6 heteroatoms. The Bertz CT molecular complexity index is 394. The predicted octanol–water partition coefficient (Wildman–Crippen LogP) is 0.875. The van der Waals surface area contributed by atoms with Crippen molar-refractivity contribution < 1.29 is 4.58 Å². The normalized spacial score (nSPS) is 15.9. The molecule has 1 N–H and O–H groups in total. The molecule has 0 aliphatic carbocycles. The van der Waals surface area contributed by atoms with E-state index >= 15 is 0 Å². The van der Waals surface area contributed by atoms with Gasteiger partial charge in [-0.1, -0.05) is 0 Å². The maximum absolute atomic E-state index is 4.29. The number of allylic oxidation sites excluding steroid dienone is 1. The van der Waals surface area contributed by atoms with Crippen molar-refractivity contribution in [1.29, 1.82) is 0 Å². The molecule has 0 spiro atoms. The number of nitrogens with zero attached hydrogens (tertiary/aromatic N) is 3. The Morgan fingerprint density at radius 3 is 3.14 bits per heavy atom. The summed E-state index contributed by atoms with van der Waals surface area (Å²) >= 11 is 2.88.